The number of aromatic carboxylic acids is 1. The smallest absolute Gasteiger partial charge is 0.337 e. The van der Waals surface area contributed by atoms with Gasteiger partial charge < -0.3 is 15.2 Å². The van der Waals surface area contributed by atoms with Crippen LogP contribution in [0.4, 0.5) is 0 Å². The summed E-state index contributed by atoms with van der Waals surface area (Å²) in [4.78, 5) is 14.2. The van der Waals surface area contributed by atoms with Crippen molar-refractivity contribution in [1.82, 2.24) is 4.98 Å². The van der Waals surface area contributed by atoms with Crippen molar-refractivity contribution >= 4 is 27.8 Å². The molecule has 3 rings (SSSR count). The van der Waals surface area contributed by atoms with Crippen LogP contribution in [0.2, 0.25) is 0 Å². The molecular weight excluding hydrogens is 218 g/mol. The zero-order valence-electron chi connectivity index (χ0n) is 8.77. The van der Waals surface area contributed by atoms with Gasteiger partial charge in [0.25, 0.3) is 0 Å². The fraction of sp³-hybridized carbons (Fsp3) is 0. The summed E-state index contributed by atoms with van der Waals surface area (Å²) in [5.74, 6) is -1.10. The molecule has 0 amide bonds. The minimum Gasteiger partial charge on any atom is -0.508 e. The van der Waals surface area contributed by atoms with Crippen LogP contribution in [0.25, 0.3) is 21.8 Å². The molecule has 0 aliphatic carbocycles. The van der Waals surface area contributed by atoms with Crippen molar-refractivity contribution in [2.75, 3.05) is 0 Å². The van der Waals surface area contributed by atoms with Gasteiger partial charge in [0, 0.05) is 16.3 Å². The third-order valence-corrected chi connectivity index (χ3v) is 2.83. The van der Waals surface area contributed by atoms with Crippen LogP contribution >= 0.6 is 0 Å². The van der Waals surface area contributed by atoms with E-state index in [4.69, 9.17) is 5.11 Å². The Morgan fingerprint density at radius 1 is 1.12 bits per heavy atom. The number of carbonyl (C=O) groups is 1. The summed E-state index contributed by atoms with van der Waals surface area (Å²) in [6.07, 6.45) is 0. The molecule has 2 aromatic carbocycles. The Bertz CT molecular complexity index is 743. The first-order valence-electron chi connectivity index (χ1n) is 5.13. The molecule has 1 heterocycles. The molecule has 0 radical (unpaired) electrons. The number of benzene rings is 2. The van der Waals surface area contributed by atoms with Crippen LogP contribution in [0.15, 0.2) is 36.4 Å². The van der Waals surface area contributed by atoms with Crippen molar-refractivity contribution < 1.29 is 15.0 Å². The van der Waals surface area contributed by atoms with Crippen molar-refractivity contribution in [2.45, 2.75) is 0 Å². The first kappa shape index (κ1) is 9.72. The zero-order chi connectivity index (χ0) is 12.0. The monoisotopic (exact) mass is 227 g/mol. The number of aromatic nitrogens is 1. The maximum absolute atomic E-state index is 11.1. The Labute approximate surface area is 96.1 Å². The number of hydrogen-bond donors (Lipinski definition) is 3. The van der Waals surface area contributed by atoms with Crippen molar-refractivity contribution in [1.29, 1.82) is 0 Å². The zero-order valence-corrected chi connectivity index (χ0v) is 8.77. The molecule has 0 aliphatic heterocycles. The highest BCUT2D eigenvalue weighted by Crippen LogP contribution is 2.30. The van der Waals surface area contributed by atoms with Gasteiger partial charge in [0.1, 0.15) is 5.75 Å². The Hall–Kier alpha value is -2.49. The lowest BCUT2D eigenvalue weighted by atomic mass is 10.1. The molecule has 0 saturated carbocycles. The van der Waals surface area contributed by atoms with Crippen LogP contribution in [0.3, 0.4) is 0 Å². The van der Waals surface area contributed by atoms with Crippen LogP contribution < -0.4 is 0 Å². The Kier molecular flexibility index (Phi) is 1.86. The molecule has 0 fully saturated rings. The number of para-hydroxylation sites is 1. The van der Waals surface area contributed by atoms with E-state index in [0.717, 1.165) is 16.3 Å². The fourth-order valence-corrected chi connectivity index (χ4v) is 2.10. The number of nitrogens with one attached hydrogen (secondary N) is 1. The summed E-state index contributed by atoms with van der Waals surface area (Å²) in [6.45, 7) is 0. The van der Waals surface area contributed by atoms with Crippen LogP contribution in [-0.2, 0) is 0 Å². The summed E-state index contributed by atoms with van der Waals surface area (Å²) < 4.78 is 0. The first-order chi connectivity index (χ1) is 8.16. The average Bonchev–Trinajstić information content (AvgIpc) is 2.66. The summed E-state index contributed by atoms with van der Waals surface area (Å²) in [6, 6.07) is 10.3. The molecule has 0 bridgehead atoms. The van der Waals surface area contributed by atoms with Crippen molar-refractivity contribution in [3.8, 4) is 5.75 Å². The maximum Gasteiger partial charge on any atom is 0.337 e. The standard InChI is InChI=1S/C13H9NO3/c15-7-5-9-8-3-1-2-4-11(8)14-12(9)10(6-7)13(16)17/h1-6,14-15H,(H,16,17). The predicted molar refractivity (Wildman–Crippen MR) is 64.4 cm³/mol. The Morgan fingerprint density at radius 3 is 2.65 bits per heavy atom. The molecule has 0 aliphatic rings. The van der Waals surface area contributed by atoms with E-state index in [1.807, 2.05) is 24.3 Å². The highest BCUT2D eigenvalue weighted by atomic mass is 16.4. The van der Waals surface area contributed by atoms with E-state index in [9.17, 15) is 9.90 Å². The number of phenols is 1. The number of hydrogen-bond acceptors (Lipinski definition) is 2. The minimum atomic E-state index is -1.06. The lowest BCUT2D eigenvalue weighted by Crippen LogP contribution is -1.96. The largest absolute Gasteiger partial charge is 0.508 e. The van der Waals surface area contributed by atoms with E-state index < -0.39 is 5.97 Å². The van der Waals surface area contributed by atoms with Gasteiger partial charge in [-0.2, -0.15) is 0 Å². The van der Waals surface area contributed by atoms with Crippen LogP contribution in [0.1, 0.15) is 10.4 Å². The van der Waals surface area contributed by atoms with Gasteiger partial charge in [-0.15, -0.1) is 0 Å². The Balaban J connectivity index is 2.55. The van der Waals surface area contributed by atoms with Gasteiger partial charge in [-0.1, -0.05) is 18.2 Å². The van der Waals surface area contributed by atoms with Gasteiger partial charge in [0.2, 0.25) is 0 Å². The second-order valence-corrected chi connectivity index (χ2v) is 3.89. The number of H-pyrrole nitrogens is 1. The van der Waals surface area contributed by atoms with Gasteiger partial charge in [0.15, 0.2) is 0 Å². The number of carboxylic acid groups (broad SMARTS) is 1. The number of carboxylic acids is 1. The SMILES string of the molecule is O=C(O)c1cc(O)cc2c1[nH]c1ccccc12. The van der Waals surface area contributed by atoms with Crippen molar-refractivity contribution in [3.63, 3.8) is 0 Å². The molecule has 0 unspecified atom stereocenters. The van der Waals surface area contributed by atoms with Gasteiger partial charge >= 0.3 is 5.97 Å². The lowest BCUT2D eigenvalue weighted by molar-refractivity contribution is 0.0698. The van der Waals surface area contributed by atoms with Crippen LogP contribution in [0, 0.1) is 0 Å². The maximum atomic E-state index is 11.1. The van der Waals surface area contributed by atoms with Gasteiger partial charge in [-0.25, -0.2) is 4.79 Å². The molecule has 3 N–H and O–H groups in total. The van der Waals surface area contributed by atoms with Crippen molar-refractivity contribution in [2.24, 2.45) is 0 Å². The number of rotatable bonds is 1. The summed E-state index contributed by atoms with van der Waals surface area (Å²) in [5, 5.41) is 20.3. The fourth-order valence-electron chi connectivity index (χ4n) is 2.10. The van der Waals surface area contributed by atoms with Crippen LogP contribution in [-0.4, -0.2) is 21.2 Å². The van der Waals surface area contributed by atoms with Gasteiger partial charge in [-0.3, -0.25) is 0 Å². The summed E-state index contributed by atoms with van der Waals surface area (Å²) in [7, 11) is 0. The Morgan fingerprint density at radius 2 is 1.88 bits per heavy atom. The molecule has 84 valence electrons. The van der Waals surface area contributed by atoms with E-state index in [0.29, 0.717) is 5.52 Å². The second-order valence-electron chi connectivity index (χ2n) is 3.89. The predicted octanol–water partition coefficient (Wildman–Crippen LogP) is 2.72. The van der Waals surface area contributed by atoms with Crippen LogP contribution in [0.5, 0.6) is 5.75 Å². The molecule has 4 heteroatoms. The molecule has 1 aromatic heterocycles. The quantitative estimate of drug-likeness (QED) is 0.598. The number of phenolic OH excluding ortho intramolecular Hbond substituents is 1. The number of fused-ring (bicyclic) bond motifs is 3. The highest BCUT2D eigenvalue weighted by molar-refractivity contribution is 6.14. The van der Waals surface area contributed by atoms with E-state index >= 15 is 0 Å². The van der Waals surface area contributed by atoms with Gasteiger partial charge in [0.05, 0.1) is 11.1 Å². The summed E-state index contributed by atoms with van der Waals surface area (Å²) >= 11 is 0. The second kappa shape index (κ2) is 3.25. The molecule has 0 spiro atoms. The third kappa shape index (κ3) is 1.34. The molecule has 17 heavy (non-hydrogen) atoms. The van der Waals surface area contributed by atoms with E-state index in [-0.39, 0.29) is 11.3 Å². The number of aromatic hydroxyl groups is 1. The third-order valence-electron chi connectivity index (χ3n) is 2.83. The molecule has 0 saturated heterocycles. The molecule has 3 aromatic rings. The van der Waals surface area contributed by atoms with Crippen molar-refractivity contribution in [3.05, 3.63) is 42.0 Å². The van der Waals surface area contributed by atoms with E-state index in [1.165, 1.54) is 6.07 Å². The minimum absolute atomic E-state index is 0.0420. The van der Waals surface area contributed by atoms with E-state index in [1.54, 1.807) is 6.07 Å². The highest BCUT2D eigenvalue weighted by Gasteiger charge is 2.14. The lowest BCUT2D eigenvalue weighted by Gasteiger charge is -1.99. The topological polar surface area (TPSA) is 73.3 Å². The normalized spacial score (nSPS) is 11.1. The average molecular weight is 227 g/mol. The number of aromatic amines is 1. The molecule has 0 atom stereocenters. The van der Waals surface area contributed by atoms with Gasteiger partial charge in [-0.05, 0) is 18.2 Å². The molecular formula is C13H9NO3. The first-order valence-corrected chi connectivity index (χ1v) is 5.13. The molecule has 4 nitrogen and oxygen atoms in total. The van der Waals surface area contributed by atoms with E-state index in [2.05, 4.69) is 4.98 Å². The summed E-state index contributed by atoms with van der Waals surface area (Å²) in [5.41, 5.74) is 1.48.